The number of aromatic nitrogens is 5. The second-order valence-corrected chi connectivity index (χ2v) is 5.49. The topological polar surface area (TPSA) is 77.2 Å². The van der Waals surface area contributed by atoms with E-state index in [-0.39, 0.29) is 0 Å². The SMILES string of the molecule is Cc1nnc2c(NCc3ccc(Oc4ccccc4)nc3)nccn12. The summed E-state index contributed by atoms with van der Waals surface area (Å²) < 4.78 is 7.58. The number of fused-ring (bicyclic) bond motifs is 1. The third-order valence-corrected chi connectivity index (χ3v) is 3.72. The molecule has 0 bridgehead atoms. The summed E-state index contributed by atoms with van der Waals surface area (Å²) in [6.45, 7) is 2.48. The maximum absolute atomic E-state index is 5.69. The van der Waals surface area contributed by atoms with Gasteiger partial charge in [0.25, 0.3) is 0 Å². The molecule has 3 aromatic heterocycles. The van der Waals surface area contributed by atoms with Crippen LogP contribution >= 0.6 is 0 Å². The predicted molar refractivity (Wildman–Crippen MR) is 93.6 cm³/mol. The maximum atomic E-state index is 5.69. The largest absolute Gasteiger partial charge is 0.439 e. The summed E-state index contributed by atoms with van der Waals surface area (Å²) in [4.78, 5) is 8.67. The molecular formula is C18H16N6O. The summed E-state index contributed by atoms with van der Waals surface area (Å²) in [5, 5.41) is 11.5. The van der Waals surface area contributed by atoms with Gasteiger partial charge in [-0.25, -0.2) is 9.97 Å². The Hall–Kier alpha value is -3.48. The third-order valence-electron chi connectivity index (χ3n) is 3.72. The number of rotatable bonds is 5. The van der Waals surface area contributed by atoms with Crippen LogP contribution in [0.2, 0.25) is 0 Å². The summed E-state index contributed by atoms with van der Waals surface area (Å²) in [6, 6.07) is 13.4. The van der Waals surface area contributed by atoms with Gasteiger partial charge in [-0.05, 0) is 24.6 Å². The Morgan fingerprint density at radius 1 is 1.04 bits per heavy atom. The molecule has 0 unspecified atom stereocenters. The van der Waals surface area contributed by atoms with Crippen molar-refractivity contribution in [3.8, 4) is 11.6 Å². The van der Waals surface area contributed by atoms with Crippen LogP contribution in [0.4, 0.5) is 5.82 Å². The van der Waals surface area contributed by atoms with Crippen LogP contribution in [0.1, 0.15) is 11.4 Å². The zero-order valence-corrected chi connectivity index (χ0v) is 13.6. The Balaban J connectivity index is 1.44. The lowest BCUT2D eigenvalue weighted by atomic mass is 10.3. The molecular weight excluding hydrogens is 316 g/mol. The minimum Gasteiger partial charge on any atom is -0.439 e. The van der Waals surface area contributed by atoms with Crippen LogP contribution < -0.4 is 10.1 Å². The molecule has 0 fully saturated rings. The molecule has 0 spiro atoms. The second-order valence-electron chi connectivity index (χ2n) is 5.49. The summed E-state index contributed by atoms with van der Waals surface area (Å²) in [5.74, 6) is 2.83. The molecule has 124 valence electrons. The van der Waals surface area contributed by atoms with Crippen molar-refractivity contribution < 1.29 is 4.74 Å². The Morgan fingerprint density at radius 2 is 1.92 bits per heavy atom. The van der Waals surface area contributed by atoms with Crippen LogP contribution in [-0.2, 0) is 6.54 Å². The molecule has 0 aliphatic carbocycles. The molecule has 4 aromatic rings. The summed E-state index contributed by atoms with van der Waals surface area (Å²) in [6.07, 6.45) is 5.34. The standard InChI is InChI=1S/C18H16N6O/c1-13-22-23-18-17(19-9-10-24(13)18)21-12-14-7-8-16(20-11-14)25-15-5-3-2-4-6-15/h2-11H,12H2,1H3,(H,19,21). The van der Waals surface area contributed by atoms with E-state index < -0.39 is 0 Å². The van der Waals surface area contributed by atoms with Crippen molar-refractivity contribution in [3.63, 3.8) is 0 Å². The molecule has 7 nitrogen and oxygen atoms in total. The van der Waals surface area contributed by atoms with Crippen molar-refractivity contribution >= 4 is 11.5 Å². The van der Waals surface area contributed by atoms with Crippen molar-refractivity contribution in [1.29, 1.82) is 0 Å². The van der Waals surface area contributed by atoms with E-state index in [4.69, 9.17) is 4.74 Å². The number of hydrogen-bond donors (Lipinski definition) is 1. The zero-order chi connectivity index (χ0) is 17.1. The molecule has 3 heterocycles. The molecule has 1 N–H and O–H groups in total. The Bertz CT molecular complexity index is 982. The van der Waals surface area contributed by atoms with Crippen molar-refractivity contribution in [2.45, 2.75) is 13.5 Å². The molecule has 7 heteroatoms. The van der Waals surface area contributed by atoms with E-state index in [1.165, 1.54) is 0 Å². The minimum absolute atomic E-state index is 0.559. The van der Waals surface area contributed by atoms with Crippen LogP contribution in [-0.4, -0.2) is 24.6 Å². The third kappa shape index (κ3) is 3.25. The first kappa shape index (κ1) is 15.1. The van der Waals surface area contributed by atoms with Gasteiger partial charge in [-0.15, -0.1) is 10.2 Å². The number of aryl methyl sites for hydroxylation is 1. The van der Waals surface area contributed by atoms with Gasteiger partial charge in [0.15, 0.2) is 5.82 Å². The highest BCUT2D eigenvalue weighted by molar-refractivity contribution is 5.62. The highest BCUT2D eigenvalue weighted by Crippen LogP contribution is 2.19. The highest BCUT2D eigenvalue weighted by atomic mass is 16.5. The van der Waals surface area contributed by atoms with Gasteiger partial charge in [-0.1, -0.05) is 24.3 Å². The lowest BCUT2D eigenvalue weighted by Crippen LogP contribution is -2.04. The first-order chi connectivity index (χ1) is 12.3. The molecule has 0 radical (unpaired) electrons. The van der Waals surface area contributed by atoms with E-state index in [2.05, 4.69) is 25.5 Å². The van der Waals surface area contributed by atoms with Gasteiger partial charge in [-0.2, -0.15) is 0 Å². The quantitative estimate of drug-likeness (QED) is 0.604. The van der Waals surface area contributed by atoms with Crippen molar-refractivity contribution in [2.75, 3.05) is 5.32 Å². The molecule has 4 rings (SSSR count). The van der Waals surface area contributed by atoms with Gasteiger partial charge < -0.3 is 10.1 Å². The number of para-hydroxylation sites is 1. The van der Waals surface area contributed by atoms with Gasteiger partial charge in [0.1, 0.15) is 11.6 Å². The summed E-state index contributed by atoms with van der Waals surface area (Å²) >= 11 is 0. The summed E-state index contributed by atoms with van der Waals surface area (Å²) in [7, 11) is 0. The normalized spacial score (nSPS) is 10.8. The van der Waals surface area contributed by atoms with Gasteiger partial charge >= 0.3 is 0 Å². The number of anilines is 1. The van der Waals surface area contributed by atoms with Crippen LogP contribution in [0.15, 0.2) is 61.1 Å². The van der Waals surface area contributed by atoms with E-state index >= 15 is 0 Å². The smallest absolute Gasteiger partial charge is 0.219 e. The van der Waals surface area contributed by atoms with Crippen molar-refractivity contribution in [1.82, 2.24) is 24.6 Å². The molecule has 0 saturated carbocycles. The zero-order valence-electron chi connectivity index (χ0n) is 13.6. The Morgan fingerprint density at radius 3 is 2.72 bits per heavy atom. The van der Waals surface area contributed by atoms with Gasteiger partial charge in [0.05, 0.1) is 0 Å². The first-order valence-corrected chi connectivity index (χ1v) is 7.87. The Kier molecular flexibility index (Phi) is 3.96. The molecule has 1 aromatic carbocycles. The lowest BCUT2D eigenvalue weighted by molar-refractivity contribution is 0.462. The number of pyridine rings is 1. The molecule has 0 atom stereocenters. The number of nitrogens with one attached hydrogen (secondary N) is 1. The number of hydrogen-bond acceptors (Lipinski definition) is 6. The number of ether oxygens (including phenoxy) is 1. The van der Waals surface area contributed by atoms with Crippen LogP contribution in [0, 0.1) is 6.92 Å². The van der Waals surface area contributed by atoms with E-state index in [0.29, 0.717) is 23.9 Å². The van der Waals surface area contributed by atoms with Crippen LogP contribution in [0.3, 0.4) is 0 Å². The summed E-state index contributed by atoms with van der Waals surface area (Å²) in [5.41, 5.74) is 1.72. The van der Waals surface area contributed by atoms with Gasteiger partial charge in [0.2, 0.25) is 11.5 Å². The minimum atomic E-state index is 0.559. The fourth-order valence-electron chi connectivity index (χ4n) is 2.44. The monoisotopic (exact) mass is 332 g/mol. The van der Waals surface area contributed by atoms with Crippen molar-refractivity contribution in [2.24, 2.45) is 0 Å². The van der Waals surface area contributed by atoms with E-state index in [1.807, 2.05) is 60.0 Å². The molecule has 0 aliphatic heterocycles. The Labute approximate surface area is 144 Å². The predicted octanol–water partition coefficient (Wildman–Crippen LogP) is 3.23. The second kappa shape index (κ2) is 6.56. The van der Waals surface area contributed by atoms with E-state index in [1.54, 1.807) is 12.4 Å². The van der Waals surface area contributed by atoms with Crippen molar-refractivity contribution in [3.05, 3.63) is 72.4 Å². The van der Waals surface area contributed by atoms with E-state index in [9.17, 15) is 0 Å². The van der Waals surface area contributed by atoms with E-state index in [0.717, 1.165) is 17.1 Å². The fourth-order valence-corrected chi connectivity index (χ4v) is 2.44. The van der Waals surface area contributed by atoms with Crippen LogP contribution in [0.25, 0.3) is 5.65 Å². The molecule has 0 saturated heterocycles. The average Bonchev–Trinajstić information content (AvgIpc) is 3.04. The maximum Gasteiger partial charge on any atom is 0.219 e. The van der Waals surface area contributed by atoms with Gasteiger partial charge in [0, 0.05) is 31.2 Å². The fraction of sp³-hybridized carbons (Fsp3) is 0.111. The lowest BCUT2D eigenvalue weighted by Gasteiger charge is -2.08. The molecule has 0 amide bonds. The highest BCUT2D eigenvalue weighted by Gasteiger charge is 2.07. The average molecular weight is 332 g/mol. The molecule has 25 heavy (non-hydrogen) atoms. The number of nitrogens with zero attached hydrogens (tertiary/aromatic N) is 5. The van der Waals surface area contributed by atoms with Crippen LogP contribution in [0.5, 0.6) is 11.6 Å². The van der Waals surface area contributed by atoms with Gasteiger partial charge in [-0.3, -0.25) is 4.40 Å². The first-order valence-electron chi connectivity index (χ1n) is 7.87. The number of benzene rings is 1. The molecule has 0 aliphatic rings.